The van der Waals surface area contributed by atoms with Crippen LogP contribution >= 0.6 is 56.8 Å². The topological polar surface area (TPSA) is 63.6 Å². The highest BCUT2D eigenvalue weighted by molar-refractivity contribution is 14.1. The van der Waals surface area contributed by atoms with Crippen LogP contribution in [0.1, 0.15) is 22.8 Å². The Morgan fingerprint density at radius 2 is 2.13 bits per heavy atom. The summed E-state index contributed by atoms with van der Waals surface area (Å²) in [6.07, 6.45) is 3.09. The second-order valence-electron chi connectivity index (χ2n) is 4.29. The van der Waals surface area contributed by atoms with Gasteiger partial charge in [0.05, 0.1) is 25.5 Å². The molecule has 0 fully saturated rings. The third-order valence-corrected chi connectivity index (χ3v) is 4.60. The number of ether oxygens (including phenoxy) is 1. The fraction of sp³-hybridized carbons (Fsp3) is 0.133. The summed E-state index contributed by atoms with van der Waals surface area (Å²) >= 11 is 10.3. The molecule has 1 aromatic carbocycles. The molecule has 0 saturated carbocycles. The van der Waals surface area contributed by atoms with Crippen molar-refractivity contribution < 1.29 is 9.53 Å². The summed E-state index contributed by atoms with van der Waals surface area (Å²) in [6.45, 7) is 2.56. The number of carbonyl (C=O) groups is 1. The van der Waals surface area contributed by atoms with E-state index in [0.29, 0.717) is 6.61 Å². The molecule has 0 unspecified atom stereocenters. The molecule has 2 aromatic rings. The number of benzene rings is 1. The molecule has 23 heavy (non-hydrogen) atoms. The second-order valence-corrected chi connectivity index (χ2v) is 6.97. The van der Waals surface area contributed by atoms with Gasteiger partial charge in [0, 0.05) is 6.20 Å². The van der Waals surface area contributed by atoms with Crippen LogP contribution in [0.5, 0.6) is 5.75 Å². The number of aromatic nitrogens is 1. The quantitative estimate of drug-likeness (QED) is 0.262. The molecule has 8 heteroatoms. The van der Waals surface area contributed by atoms with Crippen LogP contribution < -0.4 is 10.2 Å². The molecule has 120 valence electrons. The highest BCUT2D eigenvalue weighted by atomic mass is 127. The average Bonchev–Trinajstić information content (AvgIpc) is 2.51. The molecule has 0 radical (unpaired) electrons. The van der Waals surface area contributed by atoms with Crippen molar-refractivity contribution in [3.63, 3.8) is 0 Å². The number of rotatable bonds is 5. The maximum Gasteiger partial charge on any atom is 0.274 e. The molecule has 0 aliphatic carbocycles. The Morgan fingerprint density at radius 1 is 1.43 bits per heavy atom. The lowest BCUT2D eigenvalue weighted by atomic mass is 10.2. The van der Waals surface area contributed by atoms with Gasteiger partial charge >= 0.3 is 0 Å². The second kappa shape index (κ2) is 8.78. The number of hydrogen-bond donors (Lipinski definition) is 1. The number of pyridine rings is 1. The van der Waals surface area contributed by atoms with Crippen molar-refractivity contribution in [1.29, 1.82) is 0 Å². The van der Waals surface area contributed by atoms with E-state index in [1.165, 1.54) is 6.20 Å². The van der Waals surface area contributed by atoms with Gasteiger partial charge < -0.3 is 4.74 Å². The van der Waals surface area contributed by atoms with Gasteiger partial charge in [-0.05, 0) is 81.9 Å². The Balaban J connectivity index is 2.09. The normalized spacial score (nSPS) is 10.8. The maximum atomic E-state index is 12.0. The van der Waals surface area contributed by atoms with Gasteiger partial charge in [-0.2, -0.15) is 5.10 Å². The molecule has 2 rings (SSSR count). The Morgan fingerprint density at radius 3 is 2.74 bits per heavy atom. The highest BCUT2D eigenvalue weighted by Gasteiger charge is 2.10. The third-order valence-electron chi connectivity index (χ3n) is 2.69. The predicted molar refractivity (Wildman–Crippen MR) is 107 cm³/mol. The first-order valence-electron chi connectivity index (χ1n) is 6.58. The van der Waals surface area contributed by atoms with Crippen molar-refractivity contribution in [2.75, 3.05) is 6.61 Å². The van der Waals surface area contributed by atoms with Gasteiger partial charge in [-0.15, -0.1) is 0 Å². The molecule has 0 atom stereocenters. The Kier molecular flexibility index (Phi) is 7.03. The first-order chi connectivity index (χ1) is 11.0. The fourth-order valence-corrected chi connectivity index (χ4v) is 4.05. The van der Waals surface area contributed by atoms with Crippen LogP contribution in [0.25, 0.3) is 0 Å². The van der Waals surface area contributed by atoms with E-state index < -0.39 is 5.91 Å². The van der Waals surface area contributed by atoms with E-state index >= 15 is 0 Å². The van der Waals surface area contributed by atoms with Crippen molar-refractivity contribution in [2.24, 2.45) is 5.10 Å². The number of nitrogens with one attached hydrogen (secondary N) is 1. The molecule has 0 spiro atoms. The van der Waals surface area contributed by atoms with Crippen LogP contribution in [0.3, 0.4) is 0 Å². The minimum atomic E-state index is -0.408. The summed E-state index contributed by atoms with van der Waals surface area (Å²) in [4.78, 5) is 15.8. The van der Waals surface area contributed by atoms with E-state index in [0.717, 1.165) is 18.5 Å². The Labute approximate surface area is 166 Å². The Hall–Kier alpha value is -0.940. The van der Waals surface area contributed by atoms with Gasteiger partial charge in [-0.25, -0.2) is 10.4 Å². The number of carbonyl (C=O) groups excluding carboxylic acids is 1. The van der Waals surface area contributed by atoms with E-state index in [9.17, 15) is 4.79 Å². The smallest absolute Gasteiger partial charge is 0.274 e. The lowest BCUT2D eigenvalue weighted by molar-refractivity contribution is 0.0955. The number of hydrazone groups is 1. The van der Waals surface area contributed by atoms with Crippen molar-refractivity contribution in [2.45, 2.75) is 6.92 Å². The SMILES string of the molecule is CCOc1c(I)cc(C=NNC(=O)c2cccnc2Cl)cc1I. The van der Waals surface area contributed by atoms with Crippen LogP contribution in [-0.2, 0) is 0 Å². The van der Waals surface area contributed by atoms with E-state index in [2.05, 4.69) is 60.7 Å². The van der Waals surface area contributed by atoms with Crippen molar-refractivity contribution in [3.05, 3.63) is 53.9 Å². The van der Waals surface area contributed by atoms with Gasteiger partial charge in [0.1, 0.15) is 10.9 Å². The molecule has 0 bridgehead atoms. The number of nitrogens with zero attached hydrogens (tertiary/aromatic N) is 2. The monoisotopic (exact) mass is 555 g/mol. The van der Waals surface area contributed by atoms with Crippen molar-refractivity contribution >= 4 is 68.9 Å². The first-order valence-corrected chi connectivity index (χ1v) is 9.12. The molecule has 1 amide bonds. The number of amides is 1. The van der Waals surface area contributed by atoms with Crippen LogP contribution in [0.4, 0.5) is 0 Å². The fourth-order valence-electron chi connectivity index (χ4n) is 1.72. The Bertz CT molecular complexity index is 730. The molecule has 1 heterocycles. The van der Waals surface area contributed by atoms with Crippen LogP contribution in [0, 0.1) is 7.14 Å². The van der Waals surface area contributed by atoms with Crippen molar-refractivity contribution in [1.82, 2.24) is 10.4 Å². The zero-order valence-corrected chi connectivity index (χ0v) is 17.1. The molecule has 0 aliphatic rings. The summed E-state index contributed by atoms with van der Waals surface area (Å²) < 4.78 is 7.56. The summed E-state index contributed by atoms with van der Waals surface area (Å²) in [5.74, 6) is 0.451. The van der Waals surface area contributed by atoms with Gasteiger partial charge in [0.15, 0.2) is 0 Å². The lowest BCUT2D eigenvalue weighted by Crippen LogP contribution is -2.18. The zero-order valence-electron chi connectivity index (χ0n) is 12.0. The van der Waals surface area contributed by atoms with E-state index in [1.807, 2.05) is 19.1 Å². The van der Waals surface area contributed by atoms with Gasteiger partial charge in [-0.3, -0.25) is 4.79 Å². The standard InChI is InChI=1S/C15H12ClI2N3O2/c1-2-23-13-11(17)6-9(7-12(13)18)8-20-21-15(22)10-4-3-5-19-14(10)16/h3-8H,2H2,1H3,(H,21,22). The minimum absolute atomic E-state index is 0.144. The van der Waals surface area contributed by atoms with Gasteiger partial charge in [0.25, 0.3) is 5.91 Å². The largest absolute Gasteiger partial charge is 0.492 e. The molecular weight excluding hydrogens is 543 g/mol. The first kappa shape index (κ1) is 18.4. The number of halogens is 3. The molecule has 0 aliphatic heterocycles. The summed E-state index contributed by atoms with van der Waals surface area (Å²) in [5.41, 5.74) is 3.58. The van der Waals surface area contributed by atoms with Crippen LogP contribution in [0.15, 0.2) is 35.6 Å². The van der Waals surface area contributed by atoms with E-state index in [-0.39, 0.29) is 10.7 Å². The molecule has 1 N–H and O–H groups in total. The van der Waals surface area contributed by atoms with Crippen LogP contribution in [0.2, 0.25) is 5.15 Å². The third kappa shape index (κ3) is 5.01. The van der Waals surface area contributed by atoms with E-state index in [1.54, 1.807) is 18.3 Å². The predicted octanol–water partition coefficient (Wildman–Crippen LogP) is 4.11. The molecular formula is C15H12ClI2N3O2. The minimum Gasteiger partial charge on any atom is -0.492 e. The summed E-state index contributed by atoms with van der Waals surface area (Å²) in [5, 5.41) is 4.10. The molecule has 5 nitrogen and oxygen atoms in total. The highest BCUT2D eigenvalue weighted by Crippen LogP contribution is 2.28. The maximum absolute atomic E-state index is 12.0. The molecule has 0 saturated heterocycles. The molecule has 1 aromatic heterocycles. The van der Waals surface area contributed by atoms with Gasteiger partial charge in [-0.1, -0.05) is 11.6 Å². The van der Waals surface area contributed by atoms with Crippen molar-refractivity contribution in [3.8, 4) is 5.75 Å². The number of hydrogen-bond acceptors (Lipinski definition) is 4. The van der Waals surface area contributed by atoms with E-state index in [4.69, 9.17) is 16.3 Å². The lowest BCUT2D eigenvalue weighted by Gasteiger charge is -2.09. The summed E-state index contributed by atoms with van der Waals surface area (Å²) in [7, 11) is 0. The van der Waals surface area contributed by atoms with Crippen LogP contribution in [-0.4, -0.2) is 23.7 Å². The average molecular weight is 556 g/mol. The van der Waals surface area contributed by atoms with Gasteiger partial charge in [0.2, 0.25) is 0 Å². The summed E-state index contributed by atoms with van der Waals surface area (Å²) in [6, 6.07) is 7.09. The zero-order chi connectivity index (χ0) is 16.8.